The van der Waals surface area contributed by atoms with Gasteiger partial charge in [0.25, 0.3) is 0 Å². The monoisotopic (exact) mass is 396 g/mol. The van der Waals surface area contributed by atoms with Crippen LogP contribution in [0.4, 0.5) is 0 Å². The summed E-state index contributed by atoms with van der Waals surface area (Å²) in [5.41, 5.74) is 2.36. The molecule has 0 atom stereocenters. The number of hydrogen-bond donors (Lipinski definition) is 0. The molecule has 1 saturated carbocycles. The van der Waals surface area contributed by atoms with Gasteiger partial charge in [0.15, 0.2) is 0 Å². The second-order valence-electron chi connectivity index (χ2n) is 7.39. The van der Waals surface area contributed by atoms with Gasteiger partial charge in [0, 0.05) is 0 Å². The Morgan fingerprint density at radius 3 is 2.34 bits per heavy atom. The molecule has 0 unspecified atom stereocenters. The molecule has 1 fully saturated rings. The van der Waals surface area contributed by atoms with E-state index in [2.05, 4.69) is 0 Å². The number of rotatable bonds is 7. The second kappa shape index (κ2) is 10.1. The second-order valence-corrected chi connectivity index (χ2v) is 7.39. The zero-order valence-electron chi connectivity index (χ0n) is 17.1. The van der Waals surface area contributed by atoms with Crippen LogP contribution in [0.5, 0.6) is 5.75 Å². The Morgan fingerprint density at radius 2 is 1.69 bits per heavy atom. The maximum Gasteiger partial charge on any atom is 0.338 e. The van der Waals surface area contributed by atoms with E-state index in [0.29, 0.717) is 12.2 Å². The van der Waals surface area contributed by atoms with Crippen LogP contribution in [0.15, 0.2) is 48.5 Å². The zero-order valence-corrected chi connectivity index (χ0v) is 17.1. The summed E-state index contributed by atoms with van der Waals surface area (Å²) in [6.45, 7) is 4.43. The van der Waals surface area contributed by atoms with E-state index >= 15 is 0 Å². The van der Waals surface area contributed by atoms with Gasteiger partial charge in [-0.05, 0) is 68.9 Å². The first-order chi connectivity index (χ1) is 14.1. The lowest BCUT2D eigenvalue weighted by Gasteiger charge is -2.28. The molecule has 3 rings (SSSR count). The minimum Gasteiger partial charge on any atom is -0.490 e. The number of esters is 2. The maximum atomic E-state index is 12.3. The standard InChI is InChI=1S/C24H28O5/c1-3-27-23(25)19-9-12-21(13-10-19)29-22-14-11-20(15-17(22)2)24(26)28-16-18-7-5-4-6-8-18/h4-8,11,14-15,19,21H,3,9-10,12-13,16H2,1-2H3/t19-,21+. The molecule has 2 aromatic rings. The Labute approximate surface area is 172 Å². The first kappa shape index (κ1) is 20.9. The van der Waals surface area contributed by atoms with Gasteiger partial charge in [-0.3, -0.25) is 4.79 Å². The lowest BCUT2D eigenvalue weighted by atomic mass is 9.87. The minimum atomic E-state index is -0.349. The van der Waals surface area contributed by atoms with Crippen molar-refractivity contribution in [3.05, 3.63) is 65.2 Å². The predicted octanol–water partition coefficient (Wildman–Crippen LogP) is 4.85. The van der Waals surface area contributed by atoms with E-state index in [9.17, 15) is 9.59 Å². The number of hydrogen-bond acceptors (Lipinski definition) is 5. The zero-order chi connectivity index (χ0) is 20.6. The molecule has 1 aliphatic rings. The van der Waals surface area contributed by atoms with E-state index in [1.165, 1.54) is 0 Å². The third kappa shape index (κ3) is 5.83. The summed E-state index contributed by atoms with van der Waals surface area (Å²) >= 11 is 0. The van der Waals surface area contributed by atoms with Gasteiger partial charge >= 0.3 is 11.9 Å². The Balaban J connectivity index is 1.52. The number of aryl methyl sites for hydroxylation is 1. The SMILES string of the molecule is CCOC(=O)[C@H]1CC[C@@H](Oc2ccc(C(=O)OCc3ccccc3)cc2C)CC1. The van der Waals surface area contributed by atoms with Gasteiger partial charge in [0.2, 0.25) is 0 Å². The van der Waals surface area contributed by atoms with Crippen molar-refractivity contribution in [3.8, 4) is 5.75 Å². The quantitative estimate of drug-likeness (QED) is 0.626. The van der Waals surface area contributed by atoms with Crippen molar-refractivity contribution in [1.29, 1.82) is 0 Å². The molecule has 0 bridgehead atoms. The van der Waals surface area contributed by atoms with E-state index in [4.69, 9.17) is 14.2 Å². The van der Waals surface area contributed by atoms with Crippen molar-refractivity contribution >= 4 is 11.9 Å². The molecule has 0 saturated heterocycles. The molecule has 2 aromatic carbocycles. The first-order valence-corrected chi connectivity index (χ1v) is 10.2. The van der Waals surface area contributed by atoms with Gasteiger partial charge in [-0.1, -0.05) is 30.3 Å². The van der Waals surface area contributed by atoms with Gasteiger partial charge in [-0.25, -0.2) is 4.79 Å². The Bertz CT molecular complexity index is 822. The van der Waals surface area contributed by atoms with Crippen molar-refractivity contribution in [1.82, 2.24) is 0 Å². The van der Waals surface area contributed by atoms with E-state index in [-0.39, 0.29) is 30.6 Å². The minimum absolute atomic E-state index is 0.0161. The third-order valence-electron chi connectivity index (χ3n) is 5.21. The molecular formula is C24H28O5. The average molecular weight is 396 g/mol. The van der Waals surface area contributed by atoms with Crippen LogP contribution in [-0.2, 0) is 20.9 Å². The van der Waals surface area contributed by atoms with Crippen LogP contribution < -0.4 is 4.74 Å². The van der Waals surface area contributed by atoms with Crippen molar-refractivity contribution in [2.75, 3.05) is 6.61 Å². The summed E-state index contributed by atoms with van der Waals surface area (Å²) in [4.78, 5) is 24.2. The fourth-order valence-corrected chi connectivity index (χ4v) is 3.57. The maximum absolute atomic E-state index is 12.3. The van der Waals surface area contributed by atoms with E-state index in [1.807, 2.05) is 50.2 Å². The highest BCUT2D eigenvalue weighted by Crippen LogP contribution is 2.30. The normalized spacial score (nSPS) is 18.7. The lowest BCUT2D eigenvalue weighted by molar-refractivity contribution is -0.149. The van der Waals surface area contributed by atoms with Gasteiger partial charge in [0.05, 0.1) is 24.2 Å². The Morgan fingerprint density at radius 1 is 0.966 bits per heavy atom. The summed E-state index contributed by atoms with van der Waals surface area (Å²) in [6, 6.07) is 15.0. The topological polar surface area (TPSA) is 61.8 Å². The van der Waals surface area contributed by atoms with Crippen molar-refractivity contribution in [2.45, 2.75) is 52.2 Å². The highest BCUT2D eigenvalue weighted by Gasteiger charge is 2.28. The first-order valence-electron chi connectivity index (χ1n) is 10.2. The molecule has 0 spiro atoms. The highest BCUT2D eigenvalue weighted by atomic mass is 16.5. The van der Waals surface area contributed by atoms with Gasteiger partial charge < -0.3 is 14.2 Å². The molecule has 0 radical (unpaired) electrons. The molecule has 0 amide bonds. The molecule has 0 heterocycles. The average Bonchev–Trinajstić information content (AvgIpc) is 2.75. The van der Waals surface area contributed by atoms with Crippen LogP contribution in [0.25, 0.3) is 0 Å². The van der Waals surface area contributed by atoms with E-state index < -0.39 is 0 Å². The van der Waals surface area contributed by atoms with Crippen LogP contribution >= 0.6 is 0 Å². The van der Waals surface area contributed by atoms with Gasteiger partial charge in [-0.15, -0.1) is 0 Å². The Kier molecular flexibility index (Phi) is 7.28. The van der Waals surface area contributed by atoms with Gasteiger partial charge in [0.1, 0.15) is 12.4 Å². The lowest BCUT2D eigenvalue weighted by Crippen LogP contribution is -2.29. The van der Waals surface area contributed by atoms with E-state index in [0.717, 1.165) is 42.6 Å². The molecule has 0 aliphatic heterocycles. The van der Waals surface area contributed by atoms with Crippen molar-refractivity contribution in [2.24, 2.45) is 5.92 Å². The molecule has 0 N–H and O–H groups in total. The molecule has 1 aliphatic carbocycles. The number of carbonyl (C=O) groups excluding carboxylic acids is 2. The van der Waals surface area contributed by atoms with Crippen molar-refractivity contribution in [3.63, 3.8) is 0 Å². The largest absolute Gasteiger partial charge is 0.490 e. The molecular weight excluding hydrogens is 368 g/mol. The number of carbonyl (C=O) groups is 2. The van der Waals surface area contributed by atoms with Crippen LogP contribution in [-0.4, -0.2) is 24.6 Å². The number of benzene rings is 2. The summed E-state index contributed by atoms with van der Waals surface area (Å²) < 4.78 is 16.6. The van der Waals surface area contributed by atoms with Gasteiger partial charge in [-0.2, -0.15) is 0 Å². The van der Waals surface area contributed by atoms with Crippen LogP contribution in [0, 0.1) is 12.8 Å². The fourth-order valence-electron chi connectivity index (χ4n) is 3.57. The summed E-state index contributed by atoms with van der Waals surface area (Å²) in [7, 11) is 0. The Hall–Kier alpha value is -2.82. The molecule has 5 nitrogen and oxygen atoms in total. The van der Waals surface area contributed by atoms with Crippen LogP contribution in [0.1, 0.15) is 54.1 Å². The molecule has 5 heteroatoms. The summed E-state index contributed by atoms with van der Waals surface area (Å²) in [6.07, 6.45) is 3.29. The van der Waals surface area contributed by atoms with Crippen LogP contribution in [0.3, 0.4) is 0 Å². The summed E-state index contributed by atoms with van der Waals surface area (Å²) in [5.74, 6) is 0.306. The highest BCUT2D eigenvalue weighted by molar-refractivity contribution is 5.89. The molecule has 0 aromatic heterocycles. The van der Waals surface area contributed by atoms with Crippen LogP contribution in [0.2, 0.25) is 0 Å². The fraction of sp³-hybridized carbons (Fsp3) is 0.417. The molecule has 154 valence electrons. The molecule has 29 heavy (non-hydrogen) atoms. The smallest absolute Gasteiger partial charge is 0.338 e. The number of ether oxygens (including phenoxy) is 3. The third-order valence-corrected chi connectivity index (χ3v) is 5.21. The van der Waals surface area contributed by atoms with E-state index in [1.54, 1.807) is 12.1 Å². The van der Waals surface area contributed by atoms with Crippen molar-refractivity contribution < 1.29 is 23.8 Å². The summed E-state index contributed by atoms with van der Waals surface area (Å²) in [5, 5.41) is 0. The predicted molar refractivity (Wildman–Crippen MR) is 110 cm³/mol.